The summed E-state index contributed by atoms with van der Waals surface area (Å²) < 4.78 is 0. The van der Waals surface area contributed by atoms with Gasteiger partial charge in [-0.05, 0) is 6.42 Å². The van der Waals surface area contributed by atoms with Crippen molar-refractivity contribution in [3.63, 3.8) is 0 Å². The van der Waals surface area contributed by atoms with Crippen LogP contribution in [-0.2, 0) is 39.0 Å². The molecule has 0 aliphatic heterocycles. The molecule has 1 aliphatic carbocycles. The van der Waals surface area contributed by atoms with Crippen molar-refractivity contribution in [3.05, 3.63) is 53.6 Å². The third kappa shape index (κ3) is 2.64. The van der Waals surface area contributed by atoms with Gasteiger partial charge in [0.1, 0.15) is 0 Å². The minimum Gasteiger partial charge on any atom is -1.00 e. The molecule has 0 heterocycles. The molecule has 3 heteroatoms. The van der Waals surface area contributed by atoms with Crippen LogP contribution >= 0.6 is 0 Å². The van der Waals surface area contributed by atoms with Crippen LogP contribution in [0.1, 0.15) is 11.1 Å². The first-order chi connectivity index (χ1) is 6.45. The molecule has 81 valence electrons. The van der Waals surface area contributed by atoms with Gasteiger partial charge in [0.2, 0.25) is 0 Å². The summed E-state index contributed by atoms with van der Waals surface area (Å²) in [6, 6.07) is 15.4. The Labute approximate surface area is 128 Å². The third-order valence-electron chi connectivity index (χ3n) is 2.88. The van der Waals surface area contributed by atoms with Crippen LogP contribution in [0.15, 0.2) is 42.5 Å². The summed E-state index contributed by atoms with van der Waals surface area (Å²) in [5.41, 5.74) is 5.90. The van der Waals surface area contributed by atoms with Gasteiger partial charge in [0.25, 0.3) is 0 Å². The summed E-state index contributed by atoms with van der Waals surface area (Å²) in [5, 5.41) is 0. The first kappa shape index (κ1) is 16.0. The van der Waals surface area contributed by atoms with Crippen LogP contribution in [0.25, 0.3) is 11.1 Å². The van der Waals surface area contributed by atoms with Crippen molar-refractivity contribution in [2.75, 3.05) is 0 Å². The number of halogens is 2. The van der Waals surface area contributed by atoms with Crippen molar-refractivity contribution < 1.29 is 51.0 Å². The van der Waals surface area contributed by atoms with E-state index in [9.17, 15) is 0 Å². The fourth-order valence-corrected chi connectivity index (χ4v) is 2.21. The Kier molecular flexibility index (Phi) is 6.71. The largest absolute Gasteiger partial charge is 3.00 e. The van der Waals surface area contributed by atoms with Gasteiger partial charge in [-0.15, -0.1) is 11.6 Å². The van der Waals surface area contributed by atoms with Crippen molar-refractivity contribution in [2.24, 2.45) is 0 Å². The van der Waals surface area contributed by atoms with Crippen molar-refractivity contribution in [1.82, 2.24) is 0 Å². The zero-order chi connectivity index (χ0) is 8.67. The summed E-state index contributed by atoms with van der Waals surface area (Å²) in [6.07, 6.45) is 2.41. The average molecular weight is 329 g/mol. The molecule has 16 heavy (non-hydrogen) atoms. The molecule has 0 fully saturated rings. The normalized spacial score (nSPS) is 11.0. The Morgan fingerprint density at radius 1 is 0.875 bits per heavy atom. The predicted octanol–water partition coefficient (Wildman–Crippen LogP) is -2.82. The number of rotatable bonds is 0. The van der Waals surface area contributed by atoms with Crippen molar-refractivity contribution in [3.8, 4) is 11.1 Å². The van der Waals surface area contributed by atoms with Gasteiger partial charge in [0.15, 0.2) is 0 Å². The van der Waals surface area contributed by atoms with E-state index in [-0.39, 0.29) is 51.0 Å². The Morgan fingerprint density at radius 3 is 2.38 bits per heavy atom. The summed E-state index contributed by atoms with van der Waals surface area (Å²) in [4.78, 5) is 0. The van der Waals surface area contributed by atoms with Crippen LogP contribution in [0.3, 0.4) is 0 Å². The van der Waals surface area contributed by atoms with Crippen LogP contribution in [0.4, 0.5) is 0 Å². The van der Waals surface area contributed by atoms with E-state index < -0.39 is 0 Å². The maximum atomic E-state index is 2.24. The Balaban J connectivity index is 0.000000750. The van der Waals surface area contributed by atoms with Crippen LogP contribution < -0.4 is 24.8 Å². The summed E-state index contributed by atoms with van der Waals surface area (Å²) in [7, 11) is 0. The fourth-order valence-electron chi connectivity index (χ4n) is 2.21. The minimum atomic E-state index is 0. The Bertz CT molecular complexity index is 449. The standard InChI is InChI=1S/C13H11.2ClH.Zr/c1-2-6-12-10(4-1)8-9-11-5-3-7-13(11)12;;;/h1-7H,8-9H2;2*1H;/q-1;;;+3/p-2. The molecular formula is C13H11Cl2Zr. The first-order valence-corrected chi connectivity index (χ1v) is 4.78. The van der Waals surface area contributed by atoms with Gasteiger partial charge in [0, 0.05) is 0 Å². The minimum absolute atomic E-state index is 0. The van der Waals surface area contributed by atoms with E-state index in [0.717, 1.165) is 0 Å². The topological polar surface area (TPSA) is 0 Å². The van der Waals surface area contributed by atoms with Crippen molar-refractivity contribution in [2.45, 2.75) is 12.8 Å². The monoisotopic (exact) mass is 327 g/mol. The number of aryl methyl sites for hydroxylation is 2. The Morgan fingerprint density at radius 2 is 1.56 bits per heavy atom. The molecule has 0 spiro atoms. The number of fused-ring (bicyclic) bond motifs is 3. The van der Waals surface area contributed by atoms with E-state index in [1.165, 1.54) is 35.1 Å². The summed E-state index contributed by atoms with van der Waals surface area (Å²) >= 11 is 0. The molecule has 0 amide bonds. The molecule has 0 atom stereocenters. The van der Waals surface area contributed by atoms with E-state index in [4.69, 9.17) is 0 Å². The Hall–Kier alpha value is 0.0331. The number of hydrogen-bond donors (Lipinski definition) is 0. The van der Waals surface area contributed by atoms with E-state index in [1.54, 1.807) is 0 Å². The number of benzene rings is 1. The van der Waals surface area contributed by atoms with Crippen LogP contribution in [0.2, 0.25) is 0 Å². The first-order valence-electron chi connectivity index (χ1n) is 4.78. The van der Waals surface area contributed by atoms with Crippen LogP contribution in [0, 0.1) is 0 Å². The maximum absolute atomic E-state index is 2.24. The van der Waals surface area contributed by atoms with E-state index in [0.29, 0.717) is 0 Å². The predicted molar refractivity (Wildman–Crippen MR) is 54.9 cm³/mol. The molecule has 0 bridgehead atoms. The molecule has 0 saturated heterocycles. The van der Waals surface area contributed by atoms with E-state index in [1.807, 2.05) is 0 Å². The fraction of sp³-hybridized carbons (Fsp3) is 0.154. The van der Waals surface area contributed by atoms with Crippen molar-refractivity contribution in [1.29, 1.82) is 0 Å². The van der Waals surface area contributed by atoms with Crippen LogP contribution in [-0.4, -0.2) is 0 Å². The van der Waals surface area contributed by atoms with Crippen LogP contribution in [0.5, 0.6) is 0 Å². The molecule has 1 aliphatic rings. The molecule has 0 nitrogen and oxygen atoms in total. The van der Waals surface area contributed by atoms with Gasteiger partial charge in [-0.25, -0.2) is 0 Å². The van der Waals surface area contributed by atoms with Gasteiger partial charge < -0.3 is 24.8 Å². The molecule has 0 unspecified atom stereocenters. The molecule has 0 aromatic heterocycles. The van der Waals surface area contributed by atoms with Gasteiger partial charge >= 0.3 is 26.2 Å². The van der Waals surface area contributed by atoms with Crippen molar-refractivity contribution >= 4 is 0 Å². The SMILES string of the molecule is [Cl-].[Cl-].[Zr+3].c1ccc2c(c1)CCc1cc[cH-]c1-2. The quantitative estimate of drug-likeness (QED) is 0.458. The molecular weight excluding hydrogens is 318 g/mol. The summed E-state index contributed by atoms with van der Waals surface area (Å²) in [5.74, 6) is 0. The second kappa shape index (κ2) is 6.69. The third-order valence-corrected chi connectivity index (χ3v) is 2.88. The molecule has 2 aromatic carbocycles. The van der Waals surface area contributed by atoms with E-state index >= 15 is 0 Å². The van der Waals surface area contributed by atoms with Gasteiger partial charge in [-0.1, -0.05) is 41.8 Å². The second-order valence-corrected chi connectivity index (χ2v) is 3.62. The van der Waals surface area contributed by atoms with Gasteiger partial charge in [-0.2, -0.15) is 17.7 Å². The maximum Gasteiger partial charge on any atom is 3.00 e. The van der Waals surface area contributed by atoms with E-state index in [2.05, 4.69) is 42.5 Å². The zero-order valence-electron chi connectivity index (χ0n) is 8.71. The smallest absolute Gasteiger partial charge is 1.00 e. The molecule has 2 aromatic rings. The molecule has 0 saturated carbocycles. The molecule has 0 N–H and O–H groups in total. The molecule has 1 radical (unpaired) electrons. The second-order valence-electron chi connectivity index (χ2n) is 3.62. The van der Waals surface area contributed by atoms with Gasteiger partial charge in [0.05, 0.1) is 0 Å². The zero-order valence-corrected chi connectivity index (χ0v) is 12.7. The molecule has 3 rings (SSSR count). The summed E-state index contributed by atoms with van der Waals surface area (Å²) in [6.45, 7) is 0. The van der Waals surface area contributed by atoms with Gasteiger partial charge in [-0.3, -0.25) is 0 Å². The average Bonchev–Trinajstić information content (AvgIpc) is 2.65. The number of hydrogen-bond acceptors (Lipinski definition) is 0.